The summed E-state index contributed by atoms with van der Waals surface area (Å²) in [5, 5.41) is 9.37. The number of anilines is 1. The molecule has 3 rings (SSSR count). The van der Waals surface area contributed by atoms with Gasteiger partial charge in [-0.1, -0.05) is 37.3 Å². The number of β-lactam (4-membered cyclic amide) rings is 1. The molecular weight excluding hydrogens is 250 g/mol. The summed E-state index contributed by atoms with van der Waals surface area (Å²) in [6, 6.07) is 17.0. The minimum Gasteiger partial charge on any atom is -0.508 e. The number of phenolic OH excluding ortho intramolecular Hbond substituents is 1. The number of phenols is 1. The fourth-order valence-electron chi connectivity index (χ4n) is 2.88. The van der Waals surface area contributed by atoms with Crippen LogP contribution < -0.4 is 4.90 Å². The molecule has 0 unspecified atom stereocenters. The van der Waals surface area contributed by atoms with Crippen LogP contribution in [-0.2, 0) is 4.79 Å². The Morgan fingerprint density at radius 1 is 1.05 bits per heavy atom. The molecule has 0 spiro atoms. The average molecular weight is 267 g/mol. The Bertz CT molecular complexity index is 607. The van der Waals surface area contributed by atoms with E-state index in [0.29, 0.717) is 0 Å². The molecule has 1 amide bonds. The average Bonchev–Trinajstić information content (AvgIpc) is 2.48. The van der Waals surface area contributed by atoms with Crippen LogP contribution in [0.25, 0.3) is 0 Å². The molecule has 3 nitrogen and oxygen atoms in total. The van der Waals surface area contributed by atoms with Crippen molar-refractivity contribution in [3.63, 3.8) is 0 Å². The van der Waals surface area contributed by atoms with Crippen molar-refractivity contribution in [2.45, 2.75) is 19.4 Å². The van der Waals surface area contributed by atoms with Crippen LogP contribution in [0.5, 0.6) is 5.75 Å². The van der Waals surface area contributed by atoms with E-state index in [1.54, 1.807) is 24.3 Å². The molecule has 2 aromatic carbocycles. The van der Waals surface area contributed by atoms with Gasteiger partial charge < -0.3 is 10.0 Å². The van der Waals surface area contributed by atoms with Crippen molar-refractivity contribution in [1.29, 1.82) is 0 Å². The SMILES string of the molecule is CC[C@@H]1C(=O)N(c2ccc(O)cc2)[C@H]1c1ccccc1. The van der Waals surface area contributed by atoms with Crippen LogP contribution >= 0.6 is 0 Å². The van der Waals surface area contributed by atoms with Crippen LogP contribution in [0.3, 0.4) is 0 Å². The lowest BCUT2D eigenvalue weighted by atomic mass is 9.80. The number of hydrogen-bond acceptors (Lipinski definition) is 2. The molecular formula is C17H17NO2. The highest BCUT2D eigenvalue weighted by Crippen LogP contribution is 2.44. The summed E-state index contributed by atoms with van der Waals surface area (Å²) in [5.41, 5.74) is 2.00. The molecule has 1 aliphatic rings. The second kappa shape index (κ2) is 5.00. The molecule has 2 atom stereocenters. The van der Waals surface area contributed by atoms with Crippen LogP contribution in [0.2, 0.25) is 0 Å². The zero-order chi connectivity index (χ0) is 14.1. The van der Waals surface area contributed by atoms with E-state index >= 15 is 0 Å². The fraction of sp³-hybridized carbons (Fsp3) is 0.235. The quantitative estimate of drug-likeness (QED) is 0.865. The maximum absolute atomic E-state index is 12.3. The third-order valence-electron chi connectivity index (χ3n) is 3.92. The first-order valence-electron chi connectivity index (χ1n) is 6.89. The van der Waals surface area contributed by atoms with Gasteiger partial charge in [-0.2, -0.15) is 0 Å². The fourth-order valence-corrected chi connectivity index (χ4v) is 2.88. The van der Waals surface area contributed by atoms with E-state index in [-0.39, 0.29) is 23.6 Å². The van der Waals surface area contributed by atoms with Crippen LogP contribution in [0.1, 0.15) is 24.9 Å². The summed E-state index contributed by atoms with van der Waals surface area (Å²) in [4.78, 5) is 14.1. The van der Waals surface area contributed by atoms with Gasteiger partial charge in [0.25, 0.3) is 0 Å². The molecule has 0 aromatic heterocycles. The Hall–Kier alpha value is -2.29. The maximum Gasteiger partial charge on any atom is 0.233 e. The van der Waals surface area contributed by atoms with Gasteiger partial charge in [0.2, 0.25) is 5.91 Å². The molecule has 1 N–H and O–H groups in total. The van der Waals surface area contributed by atoms with Gasteiger partial charge in [-0.3, -0.25) is 4.79 Å². The van der Waals surface area contributed by atoms with E-state index < -0.39 is 0 Å². The molecule has 1 heterocycles. The molecule has 0 radical (unpaired) electrons. The molecule has 2 aromatic rings. The van der Waals surface area contributed by atoms with Crippen LogP contribution in [0.4, 0.5) is 5.69 Å². The summed E-state index contributed by atoms with van der Waals surface area (Å²) in [6.07, 6.45) is 0.840. The Kier molecular flexibility index (Phi) is 3.18. The Balaban J connectivity index is 1.97. The smallest absolute Gasteiger partial charge is 0.233 e. The van der Waals surface area contributed by atoms with Gasteiger partial charge in [0.05, 0.1) is 12.0 Å². The van der Waals surface area contributed by atoms with Gasteiger partial charge in [0.1, 0.15) is 5.75 Å². The Labute approximate surface area is 118 Å². The van der Waals surface area contributed by atoms with Crippen molar-refractivity contribution < 1.29 is 9.90 Å². The molecule has 20 heavy (non-hydrogen) atoms. The first kappa shape index (κ1) is 12.7. The number of aromatic hydroxyl groups is 1. The van der Waals surface area contributed by atoms with Gasteiger partial charge in [-0.15, -0.1) is 0 Å². The summed E-state index contributed by atoms with van der Waals surface area (Å²) in [7, 11) is 0. The first-order valence-corrected chi connectivity index (χ1v) is 6.89. The van der Waals surface area contributed by atoms with Gasteiger partial charge in [-0.05, 0) is 36.2 Å². The highest BCUT2D eigenvalue weighted by atomic mass is 16.3. The Morgan fingerprint density at radius 3 is 2.30 bits per heavy atom. The molecule has 1 saturated heterocycles. The van der Waals surface area contributed by atoms with Crippen LogP contribution in [-0.4, -0.2) is 11.0 Å². The second-order valence-corrected chi connectivity index (χ2v) is 5.09. The van der Waals surface area contributed by atoms with E-state index in [9.17, 15) is 9.90 Å². The number of benzene rings is 2. The van der Waals surface area contributed by atoms with Crippen molar-refractivity contribution in [3.8, 4) is 5.75 Å². The van der Waals surface area contributed by atoms with E-state index in [2.05, 4.69) is 12.1 Å². The maximum atomic E-state index is 12.3. The highest BCUT2D eigenvalue weighted by molar-refractivity contribution is 6.03. The van der Waals surface area contributed by atoms with Crippen molar-refractivity contribution in [2.75, 3.05) is 4.90 Å². The second-order valence-electron chi connectivity index (χ2n) is 5.09. The summed E-state index contributed by atoms with van der Waals surface area (Å²) in [5.74, 6) is 0.420. The van der Waals surface area contributed by atoms with E-state index in [1.807, 2.05) is 30.0 Å². The van der Waals surface area contributed by atoms with Crippen LogP contribution in [0.15, 0.2) is 54.6 Å². The lowest BCUT2D eigenvalue weighted by Crippen LogP contribution is -2.55. The predicted octanol–water partition coefficient (Wildman–Crippen LogP) is 3.51. The number of rotatable bonds is 3. The number of hydrogen-bond donors (Lipinski definition) is 1. The number of carbonyl (C=O) groups excluding carboxylic acids is 1. The lowest BCUT2D eigenvalue weighted by molar-refractivity contribution is -0.130. The predicted molar refractivity (Wildman–Crippen MR) is 78.6 cm³/mol. The van der Waals surface area contributed by atoms with Gasteiger partial charge in [-0.25, -0.2) is 0 Å². The summed E-state index contributed by atoms with van der Waals surface area (Å²) in [6.45, 7) is 2.05. The van der Waals surface area contributed by atoms with Crippen molar-refractivity contribution in [1.82, 2.24) is 0 Å². The zero-order valence-corrected chi connectivity index (χ0v) is 11.4. The summed E-state index contributed by atoms with van der Waals surface area (Å²) < 4.78 is 0. The van der Waals surface area contributed by atoms with E-state index in [4.69, 9.17) is 0 Å². The van der Waals surface area contributed by atoms with E-state index in [1.165, 1.54) is 0 Å². The largest absolute Gasteiger partial charge is 0.508 e. The standard InChI is InChI=1S/C17H17NO2/c1-2-15-16(12-6-4-3-5-7-12)18(17(15)20)13-8-10-14(19)11-9-13/h3-11,15-16,19H,2H2,1H3/t15-,16-/m0/s1. The van der Waals surface area contributed by atoms with Crippen molar-refractivity contribution in [3.05, 3.63) is 60.2 Å². The summed E-state index contributed by atoms with van der Waals surface area (Å²) >= 11 is 0. The minimum atomic E-state index is 0.0474. The van der Waals surface area contributed by atoms with Gasteiger partial charge in [0.15, 0.2) is 0 Å². The number of amides is 1. The molecule has 1 aliphatic heterocycles. The number of carbonyl (C=O) groups is 1. The van der Waals surface area contributed by atoms with Crippen molar-refractivity contribution in [2.24, 2.45) is 5.92 Å². The third-order valence-corrected chi connectivity index (χ3v) is 3.92. The van der Waals surface area contributed by atoms with Crippen molar-refractivity contribution >= 4 is 11.6 Å². The van der Waals surface area contributed by atoms with Crippen LogP contribution in [0, 0.1) is 5.92 Å². The molecule has 0 bridgehead atoms. The molecule has 0 saturated carbocycles. The molecule has 102 valence electrons. The normalized spacial score (nSPS) is 21.6. The molecule has 1 fully saturated rings. The third kappa shape index (κ3) is 1.95. The minimum absolute atomic E-state index is 0.0474. The zero-order valence-electron chi connectivity index (χ0n) is 11.4. The van der Waals surface area contributed by atoms with E-state index in [0.717, 1.165) is 17.7 Å². The molecule has 3 heteroatoms. The Morgan fingerprint density at radius 2 is 1.70 bits per heavy atom. The monoisotopic (exact) mass is 267 g/mol. The first-order chi connectivity index (χ1) is 9.72. The molecule has 0 aliphatic carbocycles. The van der Waals surface area contributed by atoms with Gasteiger partial charge >= 0.3 is 0 Å². The highest BCUT2D eigenvalue weighted by Gasteiger charge is 2.47. The van der Waals surface area contributed by atoms with Gasteiger partial charge in [0, 0.05) is 5.69 Å². The lowest BCUT2D eigenvalue weighted by Gasteiger charge is -2.47. The topological polar surface area (TPSA) is 40.5 Å². The number of nitrogens with zero attached hydrogens (tertiary/aromatic N) is 1.